The lowest BCUT2D eigenvalue weighted by Crippen LogP contribution is -2.28. The third-order valence-electron chi connectivity index (χ3n) is 10.1. The molecule has 0 aliphatic carbocycles. The van der Waals surface area contributed by atoms with Crippen molar-refractivity contribution >= 4 is 11.9 Å². The summed E-state index contributed by atoms with van der Waals surface area (Å²) in [4.78, 5) is 24.3. The van der Waals surface area contributed by atoms with Crippen molar-refractivity contribution in [1.82, 2.24) is 0 Å². The first-order valence-corrected chi connectivity index (χ1v) is 22.2. The predicted octanol–water partition coefficient (Wildman–Crippen LogP) is 14.1. The second-order valence-electron chi connectivity index (χ2n) is 15.1. The van der Waals surface area contributed by atoms with Gasteiger partial charge in [0.25, 0.3) is 0 Å². The number of aliphatic hydroxyl groups is 1. The molecule has 0 fully saturated rings. The van der Waals surface area contributed by atoms with E-state index in [-0.39, 0.29) is 25.2 Å². The molecule has 0 aliphatic heterocycles. The van der Waals surface area contributed by atoms with Crippen LogP contribution in [0.5, 0.6) is 0 Å². The van der Waals surface area contributed by atoms with Gasteiger partial charge in [-0.15, -0.1) is 0 Å². The molecule has 0 saturated heterocycles. The molecule has 0 rings (SSSR count). The molecule has 0 amide bonds. The van der Waals surface area contributed by atoms with Crippen molar-refractivity contribution in [2.45, 2.75) is 251 Å². The van der Waals surface area contributed by atoms with Gasteiger partial charge >= 0.3 is 11.9 Å². The van der Waals surface area contributed by atoms with Crippen LogP contribution in [0.25, 0.3) is 0 Å². The van der Waals surface area contributed by atoms with E-state index < -0.39 is 6.10 Å². The number of ether oxygens (including phenoxy) is 2. The number of esters is 2. The summed E-state index contributed by atoms with van der Waals surface area (Å²) in [6, 6.07) is 0. The van der Waals surface area contributed by atoms with Gasteiger partial charge in [0.05, 0.1) is 6.61 Å². The standard InChI is InChI=1S/C45H86O5/c1-3-5-7-9-11-13-15-17-19-21-22-24-25-27-29-31-33-35-37-39-44(47)49-42-43(41-46)50-45(48)40-38-36-34-32-30-28-26-23-20-18-16-14-12-10-8-6-4-2/h17,19,43,46H,3-16,18,20-42H2,1-2H3/b19-17+/t43-/m0/s1. The third-order valence-corrected chi connectivity index (χ3v) is 10.1. The molecule has 0 aromatic rings. The zero-order valence-electron chi connectivity index (χ0n) is 33.7. The van der Waals surface area contributed by atoms with Crippen LogP contribution in [0, 0.1) is 0 Å². The fourth-order valence-electron chi connectivity index (χ4n) is 6.67. The Hall–Kier alpha value is -1.36. The molecule has 5 heteroatoms. The van der Waals surface area contributed by atoms with Gasteiger partial charge in [-0.05, 0) is 38.5 Å². The van der Waals surface area contributed by atoms with Crippen molar-refractivity contribution < 1.29 is 24.2 Å². The average molecular weight is 707 g/mol. The molecular weight excluding hydrogens is 620 g/mol. The maximum Gasteiger partial charge on any atom is 0.306 e. The summed E-state index contributed by atoms with van der Waals surface area (Å²) in [6.45, 7) is 4.16. The minimum absolute atomic E-state index is 0.0605. The van der Waals surface area contributed by atoms with Crippen LogP contribution in [0.3, 0.4) is 0 Å². The normalized spacial score (nSPS) is 12.1. The Kier molecular flexibility index (Phi) is 40.9. The van der Waals surface area contributed by atoms with E-state index in [1.165, 1.54) is 180 Å². The number of unbranched alkanes of at least 4 members (excludes halogenated alkanes) is 31. The van der Waals surface area contributed by atoms with E-state index in [4.69, 9.17) is 9.47 Å². The molecule has 0 spiro atoms. The molecule has 1 N–H and O–H groups in total. The predicted molar refractivity (Wildman–Crippen MR) is 215 cm³/mol. The Morgan fingerprint density at radius 2 is 0.740 bits per heavy atom. The van der Waals surface area contributed by atoms with Gasteiger partial charge in [-0.1, -0.05) is 206 Å². The minimum Gasteiger partial charge on any atom is -0.462 e. The van der Waals surface area contributed by atoms with Crippen LogP contribution in [-0.2, 0) is 19.1 Å². The summed E-state index contributed by atoms with van der Waals surface area (Å²) in [6.07, 6.45) is 48.5. The number of hydrogen-bond acceptors (Lipinski definition) is 5. The molecule has 0 aromatic carbocycles. The van der Waals surface area contributed by atoms with Crippen molar-refractivity contribution in [3.8, 4) is 0 Å². The maximum absolute atomic E-state index is 12.2. The fraction of sp³-hybridized carbons (Fsp3) is 0.911. The second-order valence-corrected chi connectivity index (χ2v) is 15.1. The number of rotatable bonds is 41. The molecule has 5 nitrogen and oxygen atoms in total. The Morgan fingerprint density at radius 3 is 1.08 bits per heavy atom. The van der Waals surface area contributed by atoms with E-state index in [1.807, 2.05) is 0 Å². The molecule has 0 radical (unpaired) electrons. The zero-order chi connectivity index (χ0) is 36.4. The molecule has 50 heavy (non-hydrogen) atoms. The van der Waals surface area contributed by atoms with Crippen LogP contribution in [0.15, 0.2) is 12.2 Å². The van der Waals surface area contributed by atoms with Crippen LogP contribution >= 0.6 is 0 Å². The third kappa shape index (κ3) is 39.4. The minimum atomic E-state index is -0.765. The van der Waals surface area contributed by atoms with Gasteiger partial charge in [0.1, 0.15) is 6.61 Å². The first kappa shape index (κ1) is 48.6. The smallest absolute Gasteiger partial charge is 0.306 e. The van der Waals surface area contributed by atoms with Crippen LogP contribution < -0.4 is 0 Å². The monoisotopic (exact) mass is 707 g/mol. The first-order chi connectivity index (χ1) is 24.6. The Labute approximate surface area is 311 Å². The van der Waals surface area contributed by atoms with Crippen LogP contribution in [0.4, 0.5) is 0 Å². The van der Waals surface area contributed by atoms with E-state index in [0.29, 0.717) is 12.8 Å². The summed E-state index contributed by atoms with van der Waals surface area (Å²) >= 11 is 0. The largest absolute Gasteiger partial charge is 0.462 e. The van der Waals surface area contributed by atoms with Crippen LogP contribution in [-0.4, -0.2) is 36.4 Å². The van der Waals surface area contributed by atoms with Crippen molar-refractivity contribution in [1.29, 1.82) is 0 Å². The number of hydrogen-bond donors (Lipinski definition) is 1. The highest BCUT2D eigenvalue weighted by molar-refractivity contribution is 5.70. The Balaban J connectivity index is 3.48. The molecule has 0 aliphatic rings. The van der Waals surface area contributed by atoms with E-state index >= 15 is 0 Å². The van der Waals surface area contributed by atoms with Crippen LogP contribution in [0.2, 0.25) is 0 Å². The molecule has 0 aromatic heterocycles. The quantitative estimate of drug-likeness (QED) is 0.0389. The van der Waals surface area contributed by atoms with Crippen LogP contribution in [0.1, 0.15) is 245 Å². The van der Waals surface area contributed by atoms with Crippen molar-refractivity contribution in [3.05, 3.63) is 12.2 Å². The van der Waals surface area contributed by atoms with Gasteiger partial charge < -0.3 is 14.6 Å². The van der Waals surface area contributed by atoms with Gasteiger partial charge in [0.15, 0.2) is 6.10 Å². The number of carbonyl (C=O) groups excluding carboxylic acids is 2. The summed E-state index contributed by atoms with van der Waals surface area (Å²) in [5, 5.41) is 9.58. The van der Waals surface area contributed by atoms with Gasteiger partial charge in [-0.25, -0.2) is 0 Å². The maximum atomic E-state index is 12.2. The molecule has 296 valence electrons. The van der Waals surface area contributed by atoms with E-state index in [1.54, 1.807) is 0 Å². The second kappa shape index (κ2) is 42.1. The fourth-order valence-corrected chi connectivity index (χ4v) is 6.67. The Bertz CT molecular complexity index is 720. The highest BCUT2D eigenvalue weighted by atomic mass is 16.6. The lowest BCUT2D eigenvalue weighted by Gasteiger charge is -2.15. The zero-order valence-corrected chi connectivity index (χ0v) is 33.7. The van der Waals surface area contributed by atoms with Gasteiger partial charge in [0.2, 0.25) is 0 Å². The molecule has 0 unspecified atom stereocenters. The topological polar surface area (TPSA) is 72.8 Å². The number of carbonyl (C=O) groups is 2. The summed E-state index contributed by atoms with van der Waals surface area (Å²) in [5.41, 5.74) is 0. The van der Waals surface area contributed by atoms with Crippen molar-refractivity contribution in [2.24, 2.45) is 0 Å². The molecule has 0 saturated carbocycles. The van der Waals surface area contributed by atoms with E-state index in [0.717, 1.165) is 38.5 Å². The Morgan fingerprint density at radius 1 is 0.440 bits per heavy atom. The lowest BCUT2D eigenvalue weighted by atomic mass is 10.0. The molecular formula is C45H86O5. The van der Waals surface area contributed by atoms with Gasteiger partial charge in [-0.2, -0.15) is 0 Å². The summed E-state index contributed by atoms with van der Waals surface area (Å²) < 4.78 is 10.6. The average Bonchev–Trinajstić information content (AvgIpc) is 3.12. The van der Waals surface area contributed by atoms with Crippen molar-refractivity contribution in [3.63, 3.8) is 0 Å². The number of aliphatic hydroxyl groups excluding tert-OH is 1. The summed E-state index contributed by atoms with van der Waals surface area (Å²) in [7, 11) is 0. The lowest BCUT2D eigenvalue weighted by molar-refractivity contribution is -0.161. The molecule has 1 atom stereocenters. The summed E-state index contributed by atoms with van der Waals surface area (Å²) in [5.74, 6) is -0.578. The number of allylic oxidation sites excluding steroid dienone is 2. The van der Waals surface area contributed by atoms with Gasteiger partial charge in [0, 0.05) is 12.8 Å². The highest BCUT2D eigenvalue weighted by Gasteiger charge is 2.16. The van der Waals surface area contributed by atoms with Crippen molar-refractivity contribution in [2.75, 3.05) is 13.2 Å². The SMILES string of the molecule is CCCCCCCC/C=C/CCCCCCCCCCCC(=O)OC[C@H](CO)OC(=O)CCCCCCCCCCCCCCCCCCC. The van der Waals surface area contributed by atoms with E-state index in [2.05, 4.69) is 26.0 Å². The highest BCUT2D eigenvalue weighted by Crippen LogP contribution is 2.16. The molecule has 0 heterocycles. The van der Waals surface area contributed by atoms with Gasteiger partial charge in [-0.3, -0.25) is 9.59 Å². The van der Waals surface area contributed by atoms with E-state index in [9.17, 15) is 14.7 Å². The first-order valence-electron chi connectivity index (χ1n) is 22.2. The molecule has 0 bridgehead atoms.